The van der Waals surface area contributed by atoms with Crippen LogP contribution < -0.4 is 9.21 Å². The Bertz CT molecular complexity index is 999. The molecule has 2 aromatic carbocycles. The maximum absolute atomic E-state index is 13.3. The van der Waals surface area contributed by atoms with Crippen molar-refractivity contribution in [2.75, 3.05) is 15.7 Å². The number of amides is 4. The Morgan fingerprint density at radius 2 is 1.65 bits per heavy atom. The van der Waals surface area contributed by atoms with Crippen LogP contribution in [-0.2, 0) is 6.18 Å². The minimum atomic E-state index is -4.64. The average molecular weight is 513 g/mol. The number of nitrogens with zero attached hydrogens (tertiary/aromatic N) is 3. The van der Waals surface area contributed by atoms with Gasteiger partial charge in [-0.3, -0.25) is 0 Å². The Kier molecular flexibility index (Phi) is 7.20. The first-order chi connectivity index (χ1) is 14.5. The zero-order valence-electron chi connectivity index (χ0n) is 15.9. The van der Waals surface area contributed by atoms with Gasteiger partial charge in [0.05, 0.1) is 39.1 Å². The number of unbranched alkanes of at least 4 members (excludes halogenated alkanes) is 1. The molecule has 5 nitrogen and oxygen atoms in total. The number of hydrogen-bond acceptors (Lipinski definition) is 3. The van der Waals surface area contributed by atoms with Gasteiger partial charge in [0.1, 0.15) is 0 Å². The number of benzene rings is 2. The summed E-state index contributed by atoms with van der Waals surface area (Å²) in [5, 5.41) is 0.334. The van der Waals surface area contributed by atoms with Crippen molar-refractivity contribution < 1.29 is 22.8 Å². The second-order valence-corrected chi connectivity index (χ2v) is 8.72. The number of urea groups is 2. The molecule has 166 valence electrons. The molecule has 0 bridgehead atoms. The molecule has 0 aromatic heterocycles. The third kappa shape index (κ3) is 5.00. The number of anilines is 2. The van der Waals surface area contributed by atoms with E-state index < -0.39 is 23.8 Å². The van der Waals surface area contributed by atoms with Crippen LogP contribution in [0.3, 0.4) is 0 Å². The summed E-state index contributed by atoms with van der Waals surface area (Å²) >= 11 is 19.2. The standard InChI is InChI=1S/C19H15Cl3F3N3O2S/c1-2-3-7-26-17(29)27(13-6-4-5-11(8-13)19(23,24)25)18(30)28(31-26)16-14(21)9-12(20)10-15(16)22/h4-6,8-10H,2-3,7H2,1H3. The molecular formula is C19H15Cl3F3N3O2S. The van der Waals surface area contributed by atoms with Crippen molar-refractivity contribution in [3.8, 4) is 0 Å². The van der Waals surface area contributed by atoms with Gasteiger partial charge < -0.3 is 0 Å². The van der Waals surface area contributed by atoms with E-state index in [4.69, 9.17) is 34.8 Å². The van der Waals surface area contributed by atoms with Crippen LogP contribution in [0.25, 0.3) is 0 Å². The molecule has 1 aliphatic rings. The summed E-state index contributed by atoms with van der Waals surface area (Å²) in [6.45, 7) is 2.17. The molecule has 1 saturated heterocycles. The molecule has 2 aromatic rings. The fraction of sp³-hybridized carbons (Fsp3) is 0.263. The summed E-state index contributed by atoms with van der Waals surface area (Å²) in [7, 11) is 0. The lowest BCUT2D eigenvalue weighted by atomic mass is 10.2. The fourth-order valence-corrected chi connectivity index (χ4v) is 4.87. The second-order valence-electron chi connectivity index (χ2n) is 6.50. The van der Waals surface area contributed by atoms with Crippen molar-refractivity contribution in [3.05, 3.63) is 57.0 Å². The first-order valence-electron chi connectivity index (χ1n) is 9.00. The van der Waals surface area contributed by atoms with Gasteiger partial charge in [-0.2, -0.15) is 13.2 Å². The van der Waals surface area contributed by atoms with E-state index in [0.29, 0.717) is 11.3 Å². The molecule has 0 N–H and O–H groups in total. The lowest BCUT2D eigenvalue weighted by Gasteiger charge is -2.39. The van der Waals surface area contributed by atoms with Crippen LogP contribution >= 0.6 is 46.9 Å². The molecule has 4 amide bonds. The summed E-state index contributed by atoms with van der Waals surface area (Å²) in [5.74, 6) is 0. The monoisotopic (exact) mass is 511 g/mol. The molecule has 0 unspecified atom stereocenters. The Balaban J connectivity index is 2.10. The van der Waals surface area contributed by atoms with Gasteiger partial charge in [0, 0.05) is 11.6 Å². The highest BCUT2D eigenvalue weighted by atomic mass is 35.5. The number of alkyl halides is 3. The summed E-state index contributed by atoms with van der Waals surface area (Å²) in [6.07, 6.45) is -3.28. The number of hydrogen-bond donors (Lipinski definition) is 0. The minimum absolute atomic E-state index is 0.0483. The van der Waals surface area contributed by atoms with Crippen LogP contribution in [0.2, 0.25) is 15.1 Å². The second kappa shape index (κ2) is 9.36. The SMILES string of the molecule is CCCCN1SN(c2c(Cl)cc(Cl)cc2Cl)C(=O)N(c2cccc(C(F)(F)F)c2)C1=O. The van der Waals surface area contributed by atoms with Gasteiger partial charge in [0.15, 0.2) is 0 Å². The molecule has 0 radical (unpaired) electrons. The highest BCUT2D eigenvalue weighted by molar-refractivity contribution is 7.99. The largest absolute Gasteiger partial charge is 0.416 e. The average Bonchev–Trinajstić information content (AvgIpc) is 2.68. The molecule has 0 aliphatic carbocycles. The first-order valence-corrected chi connectivity index (χ1v) is 10.9. The van der Waals surface area contributed by atoms with E-state index in [1.165, 1.54) is 22.5 Å². The molecule has 0 saturated carbocycles. The zero-order valence-corrected chi connectivity index (χ0v) is 19.0. The van der Waals surface area contributed by atoms with Crippen molar-refractivity contribution in [1.82, 2.24) is 4.31 Å². The Hall–Kier alpha value is -1.81. The lowest BCUT2D eigenvalue weighted by molar-refractivity contribution is -0.137. The van der Waals surface area contributed by atoms with E-state index in [0.717, 1.165) is 41.1 Å². The van der Waals surface area contributed by atoms with Gasteiger partial charge in [0.2, 0.25) is 0 Å². The maximum atomic E-state index is 13.3. The van der Waals surface area contributed by atoms with E-state index in [2.05, 4.69) is 0 Å². The van der Waals surface area contributed by atoms with Crippen LogP contribution in [0.1, 0.15) is 25.3 Å². The predicted molar refractivity (Wildman–Crippen MR) is 118 cm³/mol. The van der Waals surface area contributed by atoms with Crippen LogP contribution in [0, 0.1) is 0 Å². The van der Waals surface area contributed by atoms with Crippen LogP contribution in [0.5, 0.6) is 0 Å². The highest BCUT2D eigenvalue weighted by Gasteiger charge is 2.42. The number of imide groups is 1. The van der Waals surface area contributed by atoms with Crippen molar-refractivity contribution in [2.45, 2.75) is 25.9 Å². The van der Waals surface area contributed by atoms with Crippen molar-refractivity contribution in [2.24, 2.45) is 0 Å². The van der Waals surface area contributed by atoms with Crippen LogP contribution in [0.4, 0.5) is 34.1 Å². The molecule has 1 fully saturated rings. The number of carbonyl (C=O) groups is 2. The van der Waals surface area contributed by atoms with Crippen LogP contribution in [-0.4, -0.2) is 22.9 Å². The van der Waals surface area contributed by atoms with Crippen molar-refractivity contribution in [3.63, 3.8) is 0 Å². The van der Waals surface area contributed by atoms with Gasteiger partial charge in [-0.15, -0.1) is 0 Å². The fourth-order valence-electron chi connectivity index (χ4n) is 2.80. The topological polar surface area (TPSA) is 43.9 Å². The van der Waals surface area contributed by atoms with Gasteiger partial charge >= 0.3 is 18.2 Å². The summed E-state index contributed by atoms with van der Waals surface area (Å²) in [5.41, 5.74) is -1.13. The molecule has 31 heavy (non-hydrogen) atoms. The Morgan fingerprint density at radius 1 is 1.00 bits per heavy atom. The maximum Gasteiger partial charge on any atom is 0.416 e. The van der Waals surface area contributed by atoms with Crippen molar-refractivity contribution in [1.29, 1.82) is 0 Å². The van der Waals surface area contributed by atoms with E-state index in [1.54, 1.807) is 0 Å². The highest BCUT2D eigenvalue weighted by Crippen LogP contribution is 2.44. The Morgan fingerprint density at radius 3 is 2.23 bits per heavy atom. The molecule has 12 heteroatoms. The van der Waals surface area contributed by atoms with E-state index in [1.807, 2.05) is 6.92 Å². The molecule has 1 heterocycles. The molecular weight excluding hydrogens is 498 g/mol. The third-order valence-electron chi connectivity index (χ3n) is 4.28. The quantitative estimate of drug-likeness (QED) is 0.383. The van der Waals surface area contributed by atoms with Crippen LogP contribution in [0.15, 0.2) is 36.4 Å². The molecule has 0 atom stereocenters. The zero-order chi connectivity index (χ0) is 22.9. The predicted octanol–water partition coefficient (Wildman–Crippen LogP) is 7.90. The third-order valence-corrected chi connectivity index (χ3v) is 6.11. The molecule has 0 spiro atoms. The van der Waals surface area contributed by atoms with E-state index in [9.17, 15) is 22.8 Å². The summed E-state index contributed by atoms with van der Waals surface area (Å²) in [4.78, 5) is 26.9. The van der Waals surface area contributed by atoms with E-state index >= 15 is 0 Å². The molecule has 1 aliphatic heterocycles. The minimum Gasteiger partial charge on any atom is -0.249 e. The lowest BCUT2D eigenvalue weighted by Crippen LogP contribution is -2.55. The number of rotatable bonds is 5. The summed E-state index contributed by atoms with van der Waals surface area (Å²) in [6, 6.07) is 5.06. The van der Waals surface area contributed by atoms with E-state index in [-0.39, 0.29) is 33.0 Å². The van der Waals surface area contributed by atoms with Gasteiger partial charge in [-0.25, -0.2) is 23.1 Å². The van der Waals surface area contributed by atoms with Crippen molar-refractivity contribution >= 4 is 70.4 Å². The van der Waals surface area contributed by atoms with Gasteiger partial charge in [-0.1, -0.05) is 54.2 Å². The Labute approximate surface area is 195 Å². The first kappa shape index (κ1) is 23.8. The number of carbonyl (C=O) groups excluding carboxylic acids is 2. The smallest absolute Gasteiger partial charge is 0.249 e. The van der Waals surface area contributed by atoms with Gasteiger partial charge in [-0.05, 0) is 36.8 Å². The number of halogens is 6. The normalized spacial score (nSPS) is 15.1. The molecule has 3 rings (SSSR count). The van der Waals surface area contributed by atoms with Gasteiger partial charge in [0.25, 0.3) is 0 Å². The summed E-state index contributed by atoms with van der Waals surface area (Å²) < 4.78 is 41.9.